The van der Waals surface area contributed by atoms with Crippen molar-refractivity contribution in [2.24, 2.45) is 11.8 Å². The summed E-state index contributed by atoms with van der Waals surface area (Å²) in [5, 5.41) is 9.25. The minimum absolute atomic E-state index is 0.0904. The number of aliphatic carboxylic acids is 1. The number of carbonyl (C=O) groups excluding carboxylic acids is 1. The number of aryl methyl sites for hydroxylation is 1. The van der Waals surface area contributed by atoms with Gasteiger partial charge in [-0.2, -0.15) is 0 Å². The molecule has 0 spiro atoms. The van der Waals surface area contributed by atoms with E-state index < -0.39 is 17.8 Å². The van der Waals surface area contributed by atoms with Gasteiger partial charge in [0.05, 0.1) is 11.8 Å². The first-order chi connectivity index (χ1) is 9.99. The zero-order chi connectivity index (χ0) is 15.4. The topological polar surface area (TPSA) is 57.6 Å². The number of carboxylic acid groups (broad SMARTS) is 1. The number of benzene rings is 1. The maximum atomic E-state index is 12.5. The van der Waals surface area contributed by atoms with Gasteiger partial charge in [0.15, 0.2) is 0 Å². The van der Waals surface area contributed by atoms with Crippen molar-refractivity contribution in [3.8, 4) is 0 Å². The summed E-state index contributed by atoms with van der Waals surface area (Å²) >= 11 is 0. The van der Waals surface area contributed by atoms with Gasteiger partial charge in [0, 0.05) is 13.6 Å². The van der Waals surface area contributed by atoms with E-state index in [1.165, 1.54) is 5.56 Å². The van der Waals surface area contributed by atoms with Crippen LogP contribution in [0.2, 0.25) is 0 Å². The molecule has 112 valence electrons. The van der Waals surface area contributed by atoms with Crippen LogP contribution >= 0.6 is 0 Å². The maximum absolute atomic E-state index is 12.5. The number of hydrogen-bond donors (Lipinski definition) is 1. The number of carbonyl (C=O) groups is 2. The second-order valence-electron chi connectivity index (χ2n) is 5.67. The van der Waals surface area contributed by atoms with E-state index in [2.05, 4.69) is 0 Å². The molecule has 0 radical (unpaired) electrons. The minimum atomic E-state index is -0.888. The Hall–Kier alpha value is -2.10. The zero-order valence-electron chi connectivity index (χ0n) is 12.5. The summed E-state index contributed by atoms with van der Waals surface area (Å²) in [5.41, 5.74) is 2.23. The quantitative estimate of drug-likeness (QED) is 0.866. The van der Waals surface area contributed by atoms with E-state index in [0.717, 1.165) is 5.56 Å². The Balaban J connectivity index is 2.05. The smallest absolute Gasteiger partial charge is 0.307 e. The van der Waals surface area contributed by atoms with Crippen LogP contribution in [-0.2, 0) is 16.1 Å². The molecule has 0 bridgehead atoms. The molecular formula is C17H21NO3. The average molecular weight is 287 g/mol. The van der Waals surface area contributed by atoms with E-state index in [4.69, 9.17) is 0 Å². The number of nitrogens with zero attached hydrogens (tertiary/aromatic N) is 1. The third-order valence-corrected chi connectivity index (χ3v) is 3.98. The molecular weight excluding hydrogens is 266 g/mol. The van der Waals surface area contributed by atoms with Crippen LogP contribution in [-0.4, -0.2) is 28.9 Å². The van der Waals surface area contributed by atoms with Gasteiger partial charge in [-0.3, -0.25) is 9.59 Å². The molecule has 0 saturated heterocycles. The second-order valence-corrected chi connectivity index (χ2v) is 5.67. The van der Waals surface area contributed by atoms with E-state index in [1.54, 1.807) is 11.9 Å². The van der Waals surface area contributed by atoms with Crippen molar-refractivity contribution in [1.82, 2.24) is 4.90 Å². The fourth-order valence-corrected chi connectivity index (χ4v) is 2.69. The molecule has 1 amide bonds. The maximum Gasteiger partial charge on any atom is 0.307 e. The molecule has 1 aromatic carbocycles. The lowest BCUT2D eigenvalue weighted by atomic mass is 9.82. The first-order valence-electron chi connectivity index (χ1n) is 7.17. The molecule has 0 heterocycles. The van der Waals surface area contributed by atoms with E-state index in [1.807, 2.05) is 43.3 Å². The lowest BCUT2D eigenvalue weighted by Gasteiger charge is -2.28. The Morgan fingerprint density at radius 3 is 2.29 bits per heavy atom. The first kappa shape index (κ1) is 15.3. The number of hydrogen-bond acceptors (Lipinski definition) is 2. The lowest BCUT2D eigenvalue weighted by Crippen LogP contribution is -2.39. The number of rotatable bonds is 4. The molecule has 1 aliphatic rings. The van der Waals surface area contributed by atoms with Crippen molar-refractivity contribution >= 4 is 11.9 Å². The van der Waals surface area contributed by atoms with Crippen LogP contribution < -0.4 is 0 Å². The largest absolute Gasteiger partial charge is 0.481 e. The molecule has 2 atom stereocenters. The third kappa shape index (κ3) is 3.72. The fourth-order valence-electron chi connectivity index (χ4n) is 2.69. The van der Waals surface area contributed by atoms with E-state index in [0.29, 0.717) is 19.4 Å². The number of carboxylic acids is 1. The predicted molar refractivity (Wildman–Crippen MR) is 80.6 cm³/mol. The molecule has 4 heteroatoms. The van der Waals surface area contributed by atoms with Crippen molar-refractivity contribution in [1.29, 1.82) is 0 Å². The van der Waals surface area contributed by atoms with E-state index >= 15 is 0 Å². The lowest BCUT2D eigenvalue weighted by molar-refractivity contribution is -0.150. The number of allylic oxidation sites excluding steroid dienone is 2. The SMILES string of the molecule is Cc1ccc(CN(C)C(=O)C2CC=CCC2C(=O)O)cc1. The van der Waals surface area contributed by atoms with Crippen molar-refractivity contribution < 1.29 is 14.7 Å². The minimum Gasteiger partial charge on any atom is -0.481 e. The molecule has 21 heavy (non-hydrogen) atoms. The van der Waals surface area contributed by atoms with Crippen molar-refractivity contribution in [2.75, 3.05) is 7.05 Å². The molecule has 1 aromatic rings. The highest BCUT2D eigenvalue weighted by Crippen LogP contribution is 2.27. The highest BCUT2D eigenvalue weighted by Gasteiger charge is 2.35. The standard InChI is InChI=1S/C17H21NO3/c1-12-7-9-13(10-8-12)11-18(2)16(19)14-5-3-4-6-15(14)17(20)21/h3-4,7-10,14-15H,5-6,11H2,1-2H3,(H,20,21). The van der Waals surface area contributed by atoms with Gasteiger partial charge < -0.3 is 10.0 Å². The van der Waals surface area contributed by atoms with Crippen LogP contribution in [0.15, 0.2) is 36.4 Å². The Morgan fingerprint density at radius 2 is 1.71 bits per heavy atom. The van der Waals surface area contributed by atoms with Crippen molar-refractivity contribution in [3.63, 3.8) is 0 Å². The van der Waals surface area contributed by atoms with Gasteiger partial charge >= 0.3 is 5.97 Å². The summed E-state index contributed by atoms with van der Waals surface area (Å²) in [6, 6.07) is 8.01. The van der Waals surface area contributed by atoms with Crippen molar-refractivity contribution in [2.45, 2.75) is 26.3 Å². The Bertz CT molecular complexity index is 548. The highest BCUT2D eigenvalue weighted by atomic mass is 16.4. The first-order valence-corrected chi connectivity index (χ1v) is 7.17. The molecule has 2 unspecified atom stereocenters. The van der Waals surface area contributed by atoms with Crippen LogP contribution in [0.25, 0.3) is 0 Å². The van der Waals surface area contributed by atoms with E-state index in [-0.39, 0.29) is 5.91 Å². The van der Waals surface area contributed by atoms with Gasteiger partial charge in [-0.1, -0.05) is 42.0 Å². The Morgan fingerprint density at radius 1 is 1.14 bits per heavy atom. The second kappa shape index (κ2) is 6.57. The molecule has 1 N–H and O–H groups in total. The average Bonchev–Trinajstić information content (AvgIpc) is 2.48. The molecule has 0 aromatic heterocycles. The predicted octanol–water partition coefficient (Wildman–Crippen LogP) is 2.62. The van der Waals surface area contributed by atoms with Gasteiger partial charge in [-0.25, -0.2) is 0 Å². The Labute approximate surface area is 125 Å². The summed E-state index contributed by atoms with van der Waals surface area (Å²) in [7, 11) is 1.74. The highest BCUT2D eigenvalue weighted by molar-refractivity contribution is 5.85. The summed E-state index contributed by atoms with van der Waals surface area (Å²) < 4.78 is 0. The van der Waals surface area contributed by atoms with E-state index in [9.17, 15) is 14.7 Å². The monoisotopic (exact) mass is 287 g/mol. The zero-order valence-corrected chi connectivity index (χ0v) is 12.5. The van der Waals surface area contributed by atoms with Crippen LogP contribution in [0.3, 0.4) is 0 Å². The van der Waals surface area contributed by atoms with Gasteiger partial charge in [0.1, 0.15) is 0 Å². The van der Waals surface area contributed by atoms with Crippen molar-refractivity contribution in [3.05, 3.63) is 47.5 Å². The normalized spacial score (nSPS) is 21.0. The van der Waals surface area contributed by atoms with Crippen LogP contribution in [0.4, 0.5) is 0 Å². The van der Waals surface area contributed by atoms with Gasteiger partial charge in [-0.15, -0.1) is 0 Å². The summed E-state index contributed by atoms with van der Waals surface area (Å²) in [6.07, 6.45) is 4.70. The molecule has 0 saturated carbocycles. The molecule has 4 nitrogen and oxygen atoms in total. The van der Waals surface area contributed by atoms with Crippen LogP contribution in [0.5, 0.6) is 0 Å². The van der Waals surface area contributed by atoms with Crippen LogP contribution in [0.1, 0.15) is 24.0 Å². The summed E-state index contributed by atoms with van der Waals surface area (Å²) in [6.45, 7) is 2.52. The van der Waals surface area contributed by atoms with Gasteiger partial charge in [0.25, 0.3) is 0 Å². The van der Waals surface area contributed by atoms with Gasteiger partial charge in [0.2, 0.25) is 5.91 Å². The van der Waals surface area contributed by atoms with Crippen LogP contribution in [0, 0.1) is 18.8 Å². The summed E-state index contributed by atoms with van der Waals surface area (Å²) in [4.78, 5) is 25.4. The summed E-state index contributed by atoms with van der Waals surface area (Å²) in [5.74, 6) is -2.04. The number of amides is 1. The molecule has 1 aliphatic carbocycles. The molecule has 2 rings (SSSR count). The Kier molecular flexibility index (Phi) is 4.78. The third-order valence-electron chi connectivity index (χ3n) is 3.98. The molecule has 0 fully saturated rings. The van der Waals surface area contributed by atoms with Gasteiger partial charge in [-0.05, 0) is 25.3 Å². The molecule has 0 aliphatic heterocycles. The fraction of sp³-hybridized carbons (Fsp3) is 0.412.